The van der Waals surface area contributed by atoms with Crippen molar-refractivity contribution in [3.8, 4) is 0 Å². The van der Waals surface area contributed by atoms with Crippen LogP contribution in [0.1, 0.15) is 103 Å². The molecule has 0 heterocycles. The smallest absolute Gasteiger partial charge is 0.334 e. The largest absolute Gasteiger partial charge is 0.516 e. The Hall–Kier alpha value is -2.42. The van der Waals surface area contributed by atoms with Gasteiger partial charge in [0, 0.05) is 14.2 Å². The zero-order chi connectivity index (χ0) is 44.5. The van der Waals surface area contributed by atoms with Crippen LogP contribution in [0.25, 0.3) is 0 Å². The Kier molecular flexibility index (Phi) is 28.6. The maximum atomic E-state index is 13.3. The molecule has 1 rings (SSSR count). The van der Waals surface area contributed by atoms with Crippen LogP contribution in [0.5, 0.6) is 0 Å². The molecule has 0 fully saturated rings. The van der Waals surface area contributed by atoms with Crippen LogP contribution in [-0.2, 0) is 64.6 Å². The molecule has 13 nitrogen and oxygen atoms in total. The van der Waals surface area contributed by atoms with E-state index in [1.807, 2.05) is 51.2 Å². The molecule has 0 bridgehead atoms. The summed E-state index contributed by atoms with van der Waals surface area (Å²) in [6.07, 6.45) is 7.66. The highest BCUT2D eigenvalue weighted by molar-refractivity contribution is 9.10. The quantitative estimate of drug-likeness (QED) is 0.0138. The predicted octanol–water partition coefficient (Wildman–Crippen LogP) is 8.43. The molecule has 0 aliphatic carbocycles. The number of hydrogen-bond acceptors (Lipinski definition) is 12. The van der Waals surface area contributed by atoms with Crippen LogP contribution in [0, 0.1) is 11.8 Å². The highest BCUT2D eigenvalue weighted by Crippen LogP contribution is 2.33. The molecule has 0 aliphatic rings. The Labute approximate surface area is 377 Å². The summed E-state index contributed by atoms with van der Waals surface area (Å²) in [7, 11) is -1.43. The van der Waals surface area contributed by atoms with Gasteiger partial charge in [-0.1, -0.05) is 95.1 Å². The second-order valence-corrected chi connectivity index (χ2v) is 27.3. The lowest BCUT2D eigenvalue weighted by atomic mass is 9.89. The van der Waals surface area contributed by atoms with Crippen molar-refractivity contribution in [1.29, 1.82) is 0 Å². The second kappa shape index (κ2) is 29.8. The van der Waals surface area contributed by atoms with Crippen LogP contribution in [0.15, 0.2) is 36.2 Å². The number of esters is 4. The fraction of sp³-hybridized carbons (Fsp3) is 0.698. The molecule has 0 radical (unpaired) electrons. The Morgan fingerprint density at radius 1 is 0.700 bits per heavy atom. The number of halogens is 2. The van der Waals surface area contributed by atoms with Gasteiger partial charge in [0.25, 0.3) is 0 Å². The molecule has 0 aromatic heterocycles. The maximum absolute atomic E-state index is 13.3. The van der Waals surface area contributed by atoms with Gasteiger partial charge < -0.3 is 43.2 Å². The first kappa shape index (κ1) is 57.6. The third kappa shape index (κ3) is 22.1. The number of ether oxygens (including phenoxy) is 4. The first-order chi connectivity index (χ1) is 27.8. The van der Waals surface area contributed by atoms with E-state index in [0.717, 1.165) is 49.0 Å². The SMILES string of the molecule is CCCCOC(=O)C(CCc1ccc(CCC(CC(C)(Br)C(=O)OCCC[Si](C)(OC)OC)C(=O)OCCCC)cc1)CC(C)(Br)C(=O)OCCC[Si](C)(C=O)/C=C/O.O. The molecule has 0 aliphatic heterocycles. The Morgan fingerprint density at radius 3 is 1.43 bits per heavy atom. The number of benzene rings is 1. The van der Waals surface area contributed by atoms with E-state index in [-0.39, 0.29) is 43.5 Å². The van der Waals surface area contributed by atoms with Gasteiger partial charge in [-0.15, -0.1) is 0 Å². The lowest BCUT2D eigenvalue weighted by Crippen LogP contribution is -2.37. The van der Waals surface area contributed by atoms with Gasteiger partial charge in [0.05, 0.1) is 44.5 Å². The van der Waals surface area contributed by atoms with Crippen molar-refractivity contribution < 1.29 is 62.4 Å². The average molecular weight is 1010 g/mol. The van der Waals surface area contributed by atoms with Gasteiger partial charge in [-0.2, -0.15) is 0 Å². The molecule has 0 amide bonds. The number of aliphatic hydroxyl groups excluding tert-OH is 1. The van der Waals surface area contributed by atoms with E-state index in [0.29, 0.717) is 63.8 Å². The lowest BCUT2D eigenvalue weighted by molar-refractivity contribution is -0.153. The van der Waals surface area contributed by atoms with Crippen LogP contribution in [0.4, 0.5) is 0 Å². The van der Waals surface area contributed by atoms with Crippen molar-refractivity contribution in [2.45, 2.75) is 139 Å². The van der Waals surface area contributed by atoms with Crippen molar-refractivity contribution in [3.63, 3.8) is 0 Å². The van der Waals surface area contributed by atoms with Crippen molar-refractivity contribution >= 4 is 78.3 Å². The third-order valence-electron chi connectivity index (χ3n) is 10.5. The number of unbranched alkanes of at least 4 members (excludes halogenated alkanes) is 2. The molecule has 344 valence electrons. The number of carbonyl (C=O) groups is 5. The summed E-state index contributed by atoms with van der Waals surface area (Å²) >= 11 is 7.09. The molecule has 1 aromatic rings. The zero-order valence-electron chi connectivity index (χ0n) is 37.1. The van der Waals surface area contributed by atoms with Gasteiger partial charge in [0.1, 0.15) is 14.6 Å². The molecule has 3 N–H and O–H groups in total. The van der Waals surface area contributed by atoms with Crippen LogP contribution in [0.3, 0.4) is 0 Å². The maximum Gasteiger partial charge on any atom is 0.334 e. The minimum absolute atomic E-state index is 0. The van der Waals surface area contributed by atoms with Gasteiger partial charge >= 0.3 is 32.4 Å². The first-order valence-electron chi connectivity index (χ1n) is 20.9. The van der Waals surface area contributed by atoms with E-state index in [9.17, 15) is 24.0 Å². The second-order valence-electron chi connectivity index (χ2n) is 16.1. The number of aryl methyl sites for hydroxylation is 2. The number of aliphatic hydroxyl groups is 1. The van der Waals surface area contributed by atoms with Gasteiger partial charge in [0.2, 0.25) is 0 Å². The van der Waals surface area contributed by atoms with Gasteiger partial charge in [-0.3, -0.25) is 19.2 Å². The van der Waals surface area contributed by atoms with Crippen LogP contribution in [-0.4, -0.2) is 106 Å². The third-order valence-corrected chi connectivity index (χ3v) is 17.7. The summed E-state index contributed by atoms with van der Waals surface area (Å²) < 4.78 is 31.2. The van der Waals surface area contributed by atoms with E-state index in [1.165, 1.54) is 5.70 Å². The monoisotopic (exact) mass is 1010 g/mol. The molecule has 17 heteroatoms. The van der Waals surface area contributed by atoms with Crippen molar-refractivity contribution in [3.05, 3.63) is 47.4 Å². The van der Waals surface area contributed by atoms with E-state index in [4.69, 9.17) is 32.9 Å². The van der Waals surface area contributed by atoms with Gasteiger partial charge in [-0.05, 0) is 108 Å². The van der Waals surface area contributed by atoms with Crippen molar-refractivity contribution in [2.75, 3.05) is 40.6 Å². The highest BCUT2D eigenvalue weighted by atomic mass is 79.9. The highest BCUT2D eigenvalue weighted by Gasteiger charge is 2.39. The molecule has 5 unspecified atom stereocenters. The molecular weight excluding hydrogens is 940 g/mol. The minimum atomic E-state index is -2.41. The summed E-state index contributed by atoms with van der Waals surface area (Å²) in [5.41, 5.74) is 3.55. The fourth-order valence-electron chi connectivity index (χ4n) is 6.24. The number of rotatable bonds is 32. The van der Waals surface area contributed by atoms with E-state index in [2.05, 4.69) is 31.9 Å². The summed E-state index contributed by atoms with van der Waals surface area (Å²) in [5, 5.41) is 9.12. The Balaban J connectivity index is 0.0000348. The number of hydrogen-bond donors (Lipinski definition) is 1. The summed E-state index contributed by atoms with van der Waals surface area (Å²) in [5.74, 6) is -1.88. The molecule has 0 spiro atoms. The first-order valence-corrected chi connectivity index (χ1v) is 27.8. The predicted molar refractivity (Wildman–Crippen MR) is 246 cm³/mol. The minimum Gasteiger partial charge on any atom is -0.516 e. The molecule has 5 atom stereocenters. The van der Waals surface area contributed by atoms with Crippen LogP contribution < -0.4 is 0 Å². The van der Waals surface area contributed by atoms with Gasteiger partial charge in [-0.25, -0.2) is 0 Å². The molecular formula is C43H72Br2O13Si2. The standard InChI is InChI=1S/C43H70Br2O12Si2.H2O/c1-9-11-24-54-38(48)36(31-42(3,44)40(50)56-26-13-28-58(7,33-47)30-23-46)21-19-34-15-17-35(18-16-34)20-22-37(39(49)55-25-12-10-2)32-43(4,45)41(51)57-27-14-29-59(8,52-5)53-6;/h15-18,23,30,33,36-37,46H,9-14,19-22,24-29,31-32H2,1-8H3;1H2/b30-23+;. The normalized spacial score (nSPS) is 15.6. The lowest BCUT2D eigenvalue weighted by Gasteiger charge is -2.26. The molecule has 0 saturated heterocycles. The summed E-state index contributed by atoms with van der Waals surface area (Å²) in [6, 6.07) is 9.21. The van der Waals surface area contributed by atoms with E-state index >= 15 is 0 Å². The van der Waals surface area contributed by atoms with Crippen molar-refractivity contribution in [2.24, 2.45) is 11.8 Å². The van der Waals surface area contributed by atoms with Crippen LogP contribution in [0.2, 0.25) is 25.2 Å². The van der Waals surface area contributed by atoms with Crippen LogP contribution >= 0.6 is 31.9 Å². The fourth-order valence-corrected chi connectivity index (χ4v) is 10.2. The topological polar surface area (TPSA) is 192 Å². The Morgan fingerprint density at radius 2 is 1.08 bits per heavy atom. The van der Waals surface area contributed by atoms with Gasteiger partial charge in [0.15, 0.2) is 8.07 Å². The zero-order valence-corrected chi connectivity index (χ0v) is 42.3. The molecule has 60 heavy (non-hydrogen) atoms. The summed E-state index contributed by atoms with van der Waals surface area (Å²) in [4.78, 5) is 64.4. The summed E-state index contributed by atoms with van der Waals surface area (Å²) in [6.45, 7) is 12.2. The van der Waals surface area contributed by atoms with Crippen molar-refractivity contribution in [1.82, 2.24) is 0 Å². The number of carbonyl (C=O) groups excluding carboxylic acids is 5. The Bertz CT molecular complexity index is 1450. The average Bonchev–Trinajstić information content (AvgIpc) is 3.21. The van der Waals surface area contributed by atoms with E-state index in [1.54, 1.807) is 28.1 Å². The molecule has 1 aromatic carbocycles. The number of alkyl halides is 2. The van der Waals surface area contributed by atoms with E-state index < -0.39 is 49.1 Å². The molecule has 0 saturated carbocycles.